The zero-order valence-electron chi connectivity index (χ0n) is 16.5. The van der Waals surface area contributed by atoms with Gasteiger partial charge in [-0.2, -0.15) is 0 Å². The Bertz CT molecular complexity index is 784. The predicted molar refractivity (Wildman–Crippen MR) is 108 cm³/mol. The van der Waals surface area contributed by atoms with E-state index in [9.17, 15) is 9.59 Å². The number of carbonyl (C=O) groups excluding carboxylic acids is 2. The highest BCUT2D eigenvalue weighted by Gasteiger charge is 2.27. The van der Waals surface area contributed by atoms with Crippen LogP contribution in [0.25, 0.3) is 0 Å². The van der Waals surface area contributed by atoms with Crippen LogP contribution < -0.4 is 15.0 Å². The van der Waals surface area contributed by atoms with Crippen LogP contribution in [-0.4, -0.2) is 49.0 Å². The van der Waals surface area contributed by atoms with Crippen LogP contribution in [0.2, 0.25) is 0 Å². The molecule has 1 fully saturated rings. The molecule has 28 heavy (non-hydrogen) atoms. The third-order valence-corrected chi connectivity index (χ3v) is 4.91. The molecular formula is C22H28N3O3+. The van der Waals surface area contributed by atoms with Gasteiger partial charge in [0.1, 0.15) is 12.3 Å². The number of amides is 2. The fourth-order valence-electron chi connectivity index (χ4n) is 3.44. The fraction of sp³-hybridized carbons (Fsp3) is 0.364. The second-order valence-electron chi connectivity index (χ2n) is 7.20. The van der Waals surface area contributed by atoms with Crippen LogP contribution in [0.1, 0.15) is 19.4 Å². The van der Waals surface area contributed by atoms with Crippen molar-refractivity contribution >= 4 is 17.5 Å². The molecule has 2 N–H and O–H groups in total. The minimum Gasteiger partial charge on any atom is -0.481 e. The van der Waals surface area contributed by atoms with E-state index in [4.69, 9.17) is 4.74 Å². The summed E-state index contributed by atoms with van der Waals surface area (Å²) in [6.45, 7) is 7.62. The predicted octanol–water partition coefficient (Wildman–Crippen LogP) is 1.34. The van der Waals surface area contributed by atoms with Crippen molar-refractivity contribution in [1.82, 2.24) is 4.90 Å². The van der Waals surface area contributed by atoms with Crippen LogP contribution >= 0.6 is 0 Å². The monoisotopic (exact) mass is 382 g/mol. The molecule has 0 spiro atoms. The van der Waals surface area contributed by atoms with Crippen LogP contribution in [0.15, 0.2) is 54.6 Å². The summed E-state index contributed by atoms with van der Waals surface area (Å²) in [5.41, 5.74) is 2.04. The molecule has 0 aliphatic carbocycles. The molecule has 0 unspecified atom stereocenters. The van der Waals surface area contributed by atoms with Gasteiger partial charge in [0.15, 0.2) is 6.10 Å². The maximum atomic E-state index is 12.7. The van der Waals surface area contributed by atoms with Crippen LogP contribution in [-0.2, 0) is 16.1 Å². The molecule has 2 aromatic rings. The average Bonchev–Trinajstić information content (AvgIpc) is 2.70. The maximum absolute atomic E-state index is 12.7. The smallest absolute Gasteiger partial charge is 0.263 e. The summed E-state index contributed by atoms with van der Waals surface area (Å²) >= 11 is 0. The quantitative estimate of drug-likeness (QED) is 0.793. The summed E-state index contributed by atoms with van der Waals surface area (Å²) in [6, 6.07) is 17.5. The van der Waals surface area contributed by atoms with Gasteiger partial charge >= 0.3 is 0 Å². The number of ether oxygens (including phenoxy) is 1. The molecule has 2 amide bonds. The zero-order chi connectivity index (χ0) is 19.9. The van der Waals surface area contributed by atoms with Gasteiger partial charge in [0, 0.05) is 18.2 Å². The lowest BCUT2D eigenvalue weighted by atomic mass is 10.2. The van der Waals surface area contributed by atoms with Crippen molar-refractivity contribution < 1.29 is 19.2 Å². The Balaban J connectivity index is 1.47. The van der Waals surface area contributed by atoms with Crippen molar-refractivity contribution in [2.45, 2.75) is 26.5 Å². The molecule has 1 atom stereocenters. The number of hydrogen-bond donors (Lipinski definition) is 2. The van der Waals surface area contributed by atoms with Crippen molar-refractivity contribution in [3.63, 3.8) is 0 Å². The first kappa shape index (κ1) is 19.9. The molecule has 0 radical (unpaired) electrons. The van der Waals surface area contributed by atoms with Gasteiger partial charge in [-0.25, -0.2) is 0 Å². The molecule has 1 aliphatic heterocycles. The largest absolute Gasteiger partial charge is 0.481 e. The van der Waals surface area contributed by atoms with E-state index in [2.05, 4.69) is 29.6 Å². The minimum absolute atomic E-state index is 0.0182. The third-order valence-electron chi connectivity index (χ3n) is 4.91. The zero-order valence-corrected chi connectivity index (χ0v) is 16.5. The summed E-state index contributed by atoms with van der Waals surface area (Å²) in [4.78, 5) is 27.2. The van der Waals surface area contributed by atoms with Crippen LogP contribution in [0.5, 0.6) is 5.75 Å². The van der Waals surface area contributed by atoms with E-state index in [1.807, 2.05) is 11.0 Å². The Morgan fingerprint density at radius 2 is 1.71 bits per heavy atom. The molecule has 1 heterocycles. The van der Waals surface area contributed by atoms with Crippen molar-refractivity contribution in [2.24, 2.45) is 0 Å². The summed E-state index contributed by atoms with van der Waals surface area (Å²) < 4.78 is 5.80. The number of carbonyl (C=O) groups is 2. The Labute approximate surface area is 166 Å². The highest BCUT2D eigenvalue weighted by molar-refractivity contribution is 5.88. The molecule has 6 heteroatoms. The molecule has 1 saturated heterocycles. The van der Waals surface area contributed by atoms with E-state index in [1.54, 1.807) is 31.2 Å². The second kappa shape index (κ2) is 9.37. The number of rotatable bonds is 6. The average molecular weight is 382 g/mol. The van der Waals surface area contributed by atoms with Gasteiger partial charge in [0.2, 0.25) is 5.91 Å². The number of nitrogens with one attached hydrogen (secondary N) is 2. The molecule has 148 valence electrons. The van der Waals surface area contributed by atoms with E-state index in [0.29, 0.717) is 11.4 Å². The normalized spacial score (nSPS) is 15.7. The maximum Gasteiger partial charge on any atom is 0.263 e. The van der Waals surface area contributed by atoms with Gasteiger partial charge in [-0.15, -0.1) is 0 Å². The number of benzene rings is 2. The molecule has 0 bridgehead atoms. The molecular weight excluding hydrogens is 354 g/mol. The SMILES string of the molecule is CC(=O)Nc1ccc(O[C@@H](C)C(=O)N2CC[NH+](Cc3ccccc3)CC2)cc1. The summed E-state index contributed by atoms with van der Waals surface area (Å²) in [5.74, 6) is 0.513. The lowest BCUT2D eigenvalue weighted by molar-refractivity contribution is -0.917. The molecule has 3 rings (SSSR count). The molecule has 0 aromatic heterocycles. The Kier molecular flexibility index (Phi) is 6.66. The lowest BCUT2D eigenvalue weighted by Crippen LogP contribution is -3.13. The van der Waals surface area contributed by atoms with Gasteiger partial charge in [-0.1, -0.05) is 30.3 Å². The van der Waals surface area contributed by atoms with E-state index >= 15 is 0 Å². The molecule has 6 nitrogen and oxygen atoms in total. The van der Waals surface area contributed by atoms with E-state index in [0.717, 1.165) is 32.7 Å². The van der Waals surface area contributed by atoms with E-state index in [1.165, 1.54) is 17.4 Å². The summed E-state index contributed by atoms with van der Waals surface area (Å²) in [6.07, 6.45) is -0.540. The van der Waals surface area contributed by atoms with Gasteiger partial charge in [-0.05, 0) is 31.2 Å². The highest BCUT2D eigenvalue weighted by atomic mass is 16.5. The number of anilines is 1. The van der Waals surface area contributed by atoms with Gasteiger partial charge in [0.25, 0.3) is 5.91 Å². The van der Waals surface area contributed by atoms with Gasteiger partial charge in [0.05, 0.1) is 26.2 Å². The lowest BCUT2D eigenvalue weighted by Gasteiger charge is -2.33. The first-order valence-corrected chi connectivity index (χ1v) is 9.72. The number of piperazine rings is 1. The van der Waals surface area contributed by atoms with Crippen molar-refractivity contribution in [2.75, 3.05) is 31.5 Å². The van der Waals surface area contributed by atoms with Crippen LogP contribution in [0.3, 0.4) is 0 Å². The number of hydrogen-bond acceptors (Lipinski definition) is 3. The standard InChI is InChI=1S/C22H27N3O3/c1-17(28-21-10-8-20(9-11-21)23-18(2)26)22(27)25-14-12-24(13-15-25)16-19-6-4-3-5-7-19/h3-11,17H,12-16H2,1-2H3,(H,23,26)/p+1/t17-/m0/s1. The fourth-order valence-corrected chi connectivity index (χ4v) is 3.44. The topological polar surface area (TPSA) is 63.1 Å². The van der Waals surface area contributed by atoms with Gasteiger partial charge in [-0.3, -0.25) is 9.59 Å². The molecule has 1 aliphatic rings. The molecule has 2 aromatic carbocycles. The summed E-state index contributed by atoms with van der Waals surface area (Å²) in [7, 11) is 0. The van der Waals surface area contributed by atoms with Crippen LogP contribution in [0, 0.1) is 0 Å². The Morgan fingerprint density at radius 1 is 1.07 bits per heavy atom. The first-order chi connectivity index (χ1) is 13.5. The van der Waals surface area contributed by atoms with Gasteiger partial charge < -0.3 is 19.9 Å². The van der Waals surface area contributed by atoms with E-state index < -0.39 is 6.10 Å². The Hall–Kier alpha value is -2.86. The van der Waals surface area contributed by atoms with Crippen molar-refractivity contribution in [3.8, 4) is 5.75 Å². The summed E-state index contributed by atoms with van der Waals surface area (Å²) in [5, 5.41) is 2.71. The van der Waals surface area contributed by atoms with Crippen molar-refractivity contribution in [1.29, 1.82) is 0 Å². The highest BCUT2D eigenvalue weighted by Crippen LogP contribution is 2.17. The Morgan fingerprint density at radius 3 is 2.32 bits per heavy atom. The second-order valence-corrected chi connectivity index (χ2v) is 7.20. The minimum atomic E-state index is -0.540. The van der Waals surface area contributed by atoms with Crippen LogP contribution in [0.4, 0.5) is 5.69 Å². The van der Waals surface area contributed by atoms with E-state index in [-0.39, 0.29) is 11.8 Å². The number of quaternary nitrogens is 1. The first-order valence-electron chi connectivity index (χ1n) is 9.72. The van der Waals surface area contributed by atoms with Crippen molar-refractivity contribution in [3.05, 3.63) is 60.2 Å². The number of nitrogens with zero attached hydrogens (tertiary/aromatic N) is 1. The third kappa shape index (κ3) is 5.57. The molecule has 0 saturated carbocycles.